The minimum absolute atomic E-state index is 0.0279. The predicted molar refractivity (Wildman–Crippen MR) is 115 cm³/mol. The second-order valence-corrected chi connectivity index (χ2v) is 6.85. The van der Waals surface area contributed by atoms with Crippen molar-refractivity contribution in [1.82, 2.24) is 9.88 Å². The van der Waals surface area contributed by atoms with Crippen molar-refractivity contribution < 1.29 is 4.79 Å². The van der Waals surface area contributed by atoms with E-state index in [4.69, 9.17) is 22.3 Å². The van der Waals surface area contributed by atoms with Crippen molar-refractivity contribution in [2.75, 3.05) is 7.05 Å². The van der Waals surface area contributed by atoms with Gasteiger partial charge in [0, 0.05) is 37.1 Å². The Labute approximate surface area is 169 Å². The number of hydrogen-bond donors (Lipinski definition) is 5. The van der Waals surface area contributed by atoms with Gasteiger partial charge in [-0.25, -0.2) is 0 Å². The highest BCUT2D eigenvalue weighted by molar-refractivity contribution is 5.96. The molecule has 7 nitrogen and oxygen atoms in total. The zero-order valence-corrected chi connectivity index (χ0v) is 16.2. The van der Waals surface area contributed by atoms with E-state index in [0.717, 1.165) is 16.7 Å². The third-order valence-corrected chi connectivity index (χ3v) is 4.70. The van der Waals surface area contributed by atoms with Gasteiger partial charge in [0.25, 0.3) is 5.91 Å². The first kappa shape index (κ1) is 19.9. The van der Waals surface area contributed by atoms with Crippen LogP contribution < -0.4 is 16.8 Å². The van der Waals surface area contributed by atoms with Gasteiger partial charge in [0.15, 0.2) is 0 Å². The summed E-state index contributed by atoms with van der Waals surface area (Å²) < 4.78 is 1.96. The third kappa shape index (κ3) is 4.70. The fourth-order valence-corrected chi connectivity index (χ4v) is 3.20. The highest BCUT2D eigenvalue weighted by atomic mass is 16.1. The summed E-state index contributed by atoms with van der Waals surface area (Å²) in [6.45, 7) is 0.564. The van der Waals surface area contributed by atoms with E-state index >= 15 is 0 Å². The molecule has 1 amide bonds. The topological polar surface area (TPSA) is 134 Å². The van der Waals surface area contributed by atoms with Gasteiger partial charge in [-0.1, -0.05) is 42.5 Å². The van der Waals surface area contributed by atoms with E-state index in [1.807, 2.05) is 59.4 Å². The molecule has 29 heavy (non-hydrogen) atoms. The first-order chi connectivity index (χ1) is 13.9. The molecule has 0 aliphatic carbocycles. The maximum Gasteiger partial charge on any atom is 0.252 e. The van der Waals surface area contributed by atoms with E-state index in [0.29, 0.717) is 29.7 Å². The number of hydrogen-bond acceptors (Lipinski definition) is 3. The van der Waals surface area contributed by atoms with E-state index in [1.54, 1.807) is 13.1 Å². The van der Waals surface area contributed by atoms with Gasteiger partial charge in [0.2, 0.25) is 0 Å². The average molecular weight is 388 g/mol. The number of carbonyl (C=O) groups excluding carboxylic acids is 1. The van der Waals surface area contributed by atoms with Crippen molar-refractivity contribution in [1.29, 1.82) is 10.8 Å². The van der Waals surface area contributed by atoms with Crippen LogP contribution in [-0.2, 0) is 13.0 Å². The summed E-state index contributed by atoms with van der Waals surface area (Å²) >= 11 is 0. The van der Waals surface area contributed by atoms with Gasteiger partial charge < -0.3 is 21.4 Å². The molecular formula is C22H24N6O. The fraction of sp³-hybridized carbons (Fsp3) is 0.136. The van der Waals surface area contributed by atoms with Crippen LogP contribution in [-0.4, -0.2) is 29.2 Å². The van der Waals surface area contributed by atoms with E-state index in [9.17, 15) is 4.79 Å². The number of nitrogens with zero attached hydrogens (tertiary/aromatic N) is 1. The molecule has 3 aromatic rings. The molecule has 7 N–H and O–H groups in total. The molecule has 7 heteroatoms. The van der Waals surface area contributed by atoms with Crippen molar-refractivity contribution in [3.63, 3.8) is 0 Å². The normalized spacial score (nSPS) is 10.5. The lowest BCUT2D eigenvalue weighted by molar-refractivity contribution is 0.0962. The molecule has 0 fully saturated rings. The minimum Gasteiger partial charge on any atom is -0.384 e. The zero-order chi connectivity index (χ0) is 21.0. The van der Waals surface area contributed by atoms with E-state index < -0.39 is 0 Å². The summed E-state index contributed by atoms with van der Waals surface area (Å²) in [4.78, 5) is 12.4. The highest BCUT2D eigenvalue weighted by Gasteiger charge is 2.14. The van der Waals surface area contributed by atoms with Gasteiger partial charge in [0.05, 0.1) is 5.56 Å². The molecule has 1 aromatic heterocycles. The largest absolute Gasteiger partial charge is 0.384 e. The lowest BCUT2D eigenvalue weighted by Gasteiger charge is -2.06. The number of amidine groups is 2. The van der Waals surface area contributed by atoms with Crippen LogP contribution in [0.5, 0.6) is 0 Å². The van der Waals surface area contributed by atoms with Gasteiger partial charge >= 0.3 is 0 Å². The molecule has 0 saturated carbocycles. The van der Waals surface area contributed by atoms with Crippen LogP contribution >= 0.6 is 0 Å². The number of amides is 1. The molecule has 0 aliphatic rings. The molecule has 0 unspecified atom stereocenters. The quantitative estimate of drug-likeness (QED) is 0.313. The number of aromatic nitrogens is 1. The van der Waals surface area contributed by atoms with Crippen LogP contribution in [0.2, 0.25) is 0 Å². The van der Waals surface area contributed by atoms with Crippen molar-refractivity contribution in [3.05, 3.63) is 94.3 Å². The van der Waals surface area contributed by atoms with Gasteiger partial charge in [-0.2, -0.15) is 0 Å². The van der Waals surface area contributed by atoms with Gasteiger partial charge in [0.1, 0.15) is 11.7 Å². The molecule has 0 atom stereocenters. The molecule has 0 spiro atoms. The van der Waals surface area contributed by atoms with Crippen molar-refractivity contribution >= 4 is 17.6 Å². The maximum atomic E-state index is 12.4. The van der Waals surface area contributed by atoms with Crippen LogP contribution in [0.15, 0.2) is 60.9 Å². The third-order valence-electron chi connectivity index (χ3n) is 4.70. The lowest BCUT2D eigenvalue weighted by Crippen LogP contribution is -2.18. The Bertz CT molecular complexity index is 1070. The Hall–Kier alpha value is -3.87. The molecule has 148 valence electrons. The van der Waals surface area contributed by atoms with Crippen molar-refractivity contribution in [2.24, 2.45) is 11.5 Å². The Morgan fingerprint density at radius 3 is 2.28 bits per heavy atom. The second-order valence-electron chi connectivity index (χ2n) is 6.85. The fourth-order valence-electron chi connectivity index (χ4n) is 3.20. The second kappa shape index (κ2) is 8.43. The summed E-state index contributed by atoms with van der Waals surface area (Å²) in [6, 6.07) is 15.0. The molecule has 3 rings (SSSR count). The van der Waals surface area contributed by atoms with Crippen LogP contribution in [0.25, 0.3) is 0 Å². The van der Waals surface area contributed by atoms with Gasteiger partial charge in [-0.05, 0) is 29.2 Å². The number of rotatable bonds is 7. The summed E-state index contributed by atoms with van der Waals surface area (Å²) in [5, 5.41) is 17.8. The van der Waals surface area contributed by atoms with Crippen molar-refractivity contribution in [3.8, 4) is 0 Å². The first-order valence-electron chi connectivity index (χ1n) is 9.14. The standard InChI is InChI=1S/C22H24N6O/c1-27-22(29)19-13-28(11-15-3-2-4-17(10-15)21(25)26)12-18(19)9-14-5-7-16(8-6-14)20(23)24/h2-8,10,12-13H,9,11H2,1H3,(H3,23,24)(H3,25,26)(H,27,29). The number of nitrogen functional groups attached to an aromatic ring is 2. The smallest absolute Gasteiger partial charge is 0.252 e. The number of nitrogens with two attached hydrogens (primary N) is 2. The summed E-state index contributed by atoms with van der Waals surface area (Å²) in [5.74, 6) is -0.0850. The molecule has 0 bridgehead atoms. The molecule has 0 aliphatic heterocycles. The molecule has 0 radical (unpaired) electrons. The summed E-state index contributed by atoms with van der Waals surface area (Å²) in [7, 11) is 1.61. The van der Waals surface area contributed by atoms with E-state index in [2.05, 4.69) is 5.32 Å². The number of nitrogens with one attached hydrogen (secondary N) is 3. The van der Waals surface area contributed by atoms with E-state index in [1.165, 1.54) is 0 Å². The molecular weight excluding hydrogens is 364 g/mol. The Kier molecular flexibility index (Phi) is 5.78. The Morgan fingerprint density at radius 2 is 1.66 bits per heavy atom. The monoisotopic (exact) mass is 388 g/mol. The lowest BCUT2D eigenvalue weighted by atomic mass is 10.0. The predicted octanol–water partition coefficient (Wildman–Crippen LogP) is 2.05. The van der Waals surface area contributed by atoms with Gasteiger partial charge in [-0.3, -0.25) is 15.6 Å². The molecule has 1 heterocycles. The number of benzene rings is 2. The summed E-state index contributed by atoms with van der Waals surface area (Å²) in [6.07, 6.45) is 4.38. The molecule has 2 aromatic carbocycles. The van der Waals surface area contributed by atoms with Crippen LogP contribution in [0.4, 0.5) is 0 Å². The Balaban J connectivity index is 1.88. The van der Waals surface area contributed by atoms with Gasteiger partial charge in [-0.15, -0.1) is 0 Å². The average Bonchev–Trinajstić information content (AvgIpc) is 3.10. The zero-order valence-electron chi connectivity index (χ0n) is 16.2. The first-order valence-corrected chi connectivity index (χ1v) is 9.14. The Morgan fingerprint density at radius 1 is 0.966 bits per heavy atom. The number of carbonyl (C=O) groups is 1. The van der Waals surface area contributed by atoms with Crippen molar-refractivity contribution in [2.45, 2.75) is 13.0 Å². The highest BCUT2D eigenvalue weighted by Crippen LogP contribution is 2.18. The maximum absolute atomic E-state index is 12.4. The van der Waals surface area contributed by atoms with Crippen LogP contribution in [0.3, 0.4) is 0 Å². The van der Waals surface area contributed by atoms with Crippen LogP contribution in [0.1, 0.15) is 38.2 Å². The minimum atomic E-state index is -0.142. The SMILES string of the molecule is CNC(=O)c1cn(Cc2cccc(C(=N)N)c2)cc1Cc1ccc(C(=N)N)cc1. The molecule has 0 saturated heterocycles. The summed E-state index contributed by atoms with van der Waals surface area (Å²) in [5.41, 5.74) is 16.0. The van der Waals surface area contributed by atoms with E-state index in [-0.39, 0.29) is 17.6 Å². The van der Waals surface area contributed by atoms with Crippen LogP contribution in [0, 0.1) is 10.8 Å².